The van der Waals surface area contributed by atoms with Gasteiger partial charge in [-0.2, -0.15) is 0 Å². The number of hydrogen-bond donors (Lipinski definition) is 2. The van der Waals surface area contributed by atoms with Crippen LogP contribution in [0.25, 0.3) is 0 Å². The molecular formula is C14H16ClN3O2. The third-order valence-electron chi connectivity index (χ3n) is 2.75. The largest absolute Gasteiger partial charge is 0.384 e. The number of aromatic nitrogens is 1. The number of hydrogen-bond acceptors (Lipinski definition) is 4. The van der Waals surface area contributed by atoms with E-state index in [0.29, 0.717) is 29.6 Å². The zero-order valence-corrected chi connectivity index (χ0v) is 12.1. The SMILES string of the molecule is Cc1cc(NC(=O)CCNc2ccc(C)c(Cl)c2)no1. The zero-order valence-electron chi connectivity index (χ0n) is 11.4. The lowest BCUT2D eigenvalue weighted by atomic mass is 10.2. The Kier molecular flexibility index (Phi) is 4.63. The van der Waals surface area contributed by atoms with Gasteiger partial charge in [0.15, 0.2) is 5.82 Å². The van der Waals surface area contributed by atoms with Gasteiger partial charge in [-0.05, 0) is 31.5 Å². The molecule has 0 radical (unpaired) electrons. The highest BCUT2D eigenvalue weighted by Crippen LogP contribution is 2.19. The van der Waals surface area contributed by atoms with Crippen LogP contribution in [-0.2, 0) is 4.79 Å². The first-order valence-electron chi connectivity index (χ1n) is 6.28. The van der Waals surface area contributed by atoms with Gasteiger partial charge in [0.05, 0.1) is 0 Å². The summed E-state index contributed by atoms with van der Waals surface area (Å²) in [6.07, 6.45) is 0.331. The zero-order chi connectivity index (χ0) is 14.5. The molecule has 0 atom stereocenters. The molecule has 0 aliphatic heterocycles. The van der Waals surface area contributed by atoms with Crippen molar-refractivity contribution in [3.05, 3.63) is 40.6 Å². The van der Waals surface area contributed by atoms with E-state index in [0.717, 1.165) is 11.3 Å². The van der Waals surface area contributed by atoms with Crippen LogP contribution in [0.5, 0.6) is 0 Å². The van der Waals surface area contributed by atoms with Gasteiger partial charge >= 0.3 is 0 Å². The number of carbonyl (C=O) groups excluding carboxylic acids is 1. The predicted octanol–water partition coefficient (Wildman–Crippen LogP) is 3.39. The lowest BCUT2D eigenvalue weighted by molar-refractivity contribution is -0.116. The number of aryl methyl sites for hydroxylation is 2. The molecule has 0 aliphatic rings. The highest BCUT2D eigenvalue weighted by molar-refractivity contribution is 6.31. The molecule has 1 heterocycles. The van der Waals surface area contributed by atoms with E-state index in [2.05, 4.69) is 15.8 Å². The van der Waals surface area contributed by atoms with Gasteiger partial charge in [0.2, 0.25) is 5.91 Å². The van der Waals surface area contributed by atoms with Crippen molar-refractivity contribution in [2.45, 2.75) is 20.3 Å². The maximum absolute atomic E-state index is 11.7. The number of rotatable bonds is 5. The maximum Gasteiger partial charge on any atom is 0.227 e. The second-order valence-corrected chi connectivity index (χ2v) is 4.92. The van der Waals surface area contributed by atoms with E-state index >= 15 is 0 Å². The lowest BCUT2D eigenvalue weighted by Crippen LogP contribution is -2.16. The van der Waals surface area contributed by atoms with Gasteiger partial charge in [-0.1, -0.05) is 22.8 Å². The molecule has 1 amide bonds. The fourth-order valence-corrected chi connectivity index (χ4v) is 1.83. The van der Waals surface area contributed by atoms with Crippen molar-refractivity contribution in [2.75, 3.05) is 17.2 Å². The number of carbonyl (C=O) groups is 1. The van der Waals surface area contributed by atoms with E-state index in [1.165, 1.54) is 0 Å². The monoisotopic (exact) mass is 293 g/mol. The number of halogens is 1. The standard InChI is InChI=1S/C14H16ClN3O2/c1-9-3-4-11(8-12(9)15)16-6-5-14(19)17-13-7-10(2)20-18-13/h3-4,7-8,16H,5-6H2,1-2H3,(H,17,18,19). The molecule has 106 valence electrons. The fraction of sp³-hybridized carbons (Fsp3) is 0.286. The summed E-state index contributed by atoms with van der Waals surface area (Å²) in [5.74, 6) is 0.975. The molecule has 2 N–H and O–H groups in total. The van der Waals surface area contributed by atoms with Crippen molar-refractivity contribution in [1.82, 2.24) is 5.16 Å². The summed E-state index contributed by atoms with van der Waals surface area (Å²) in [5.41, 5.74) is 1.92. The Morgan fingerprint density at radius 3 is 2.80 bits per heavy atom. The van der Waals surface area contributed by atoms with Crippen LogP contribution in [0.2, 0.25) is 5.02 Å². The van der Waals surface area contributed by atoms with Gasteiger partial charge in [0.1, 0.15) is 5.76 Å². The molecule has 5 nitrogen and oxygen atoms in total. The quantitative estimate of drug-likeness (QED) is 0.887. The van der Waals surface area contributed by atoms with Crippen molar-refractivity contribution >= 4 is 29.0 Å². The van der Waals surface area contributed by atoms with Crippen LogP contribution in [0.4, 0.5) is 11.5 Å². The van der Waals surface area contributed by atoms with E-state index in [1.807, 2.05) is 25.1 Å². The third kappa shape index (κ3) is 3.99. The molecule has 0 spiro atoms. The van der Waals surface area contributed by atoms with Crippen LogP contribution in [0.1, 0.15) is 17.7 Å². The van der Waals surface area contributed by atoms with Crippen molar-refractivity contribution < 1.29 is 9.32 Å². The second kappa shape index (κ2) is 6.43. The molecule has 2 aromatic rings. The fourth-order valence-electron chi connectivity index (χ4n) is 1.65. The van der Waals surface area contributed by atoms with E-state index in [4.69, 9.17) is 16.1 Å². The molecule has 0 saturated carbocycles. The number of amides is 1. The number of nitrogens with one attached hydrogen (secondary N) is 2. The van der Waals surface area contributed by atoms with Gasteiger partial charge in [0.25, 0.3) is 0 Å². The predicted molar refractivity (Wildman–Crippen MR) is 79.2 cm³/mol. The van der Waals surface area contributed by atoms with Crippen LogP contribution in [0.15, 0.2) is 28.8 Å². The summed E-state index contributed by atoms with van der Waals surface area (Å²) in [5, 5.41) is 10.2. The Hall–Kier alpha value is -2.01. The molecule has 0 aliphatic carbocycles. The molecule has 1 aromatic heterocycles. The number of nitrogens with zero attached hydrogens (tertiary/aromatic N) is 1. The Bertz CT molecular complexity index is 610. The van der Waals surface area contributed by atoms with Crippen LogP contribution in [0, 0.1) is 13.8 Å². The van der Waals surface area contributed by atoms with Crippen molar-refractivity contribution in [2.24, 2.45) is 0 Å². The van der Waals surface area contributed by atoms with Gasteiger partial charge in [-0.15, -0.1) is 0 Å². The lowest BCUT2D eigenvalue weighted by Gasteiger charge is -2.07. The van der Waals surface area contributed by atoms with E-state index < -0.39 is 0 Å². The number of anilines is 2. The summed E-state index contributed by atoms with van der Waals surface area (Å²) >= 11 is 6.03. The Morgan fingerprint density at radius 1 is 1.35 bits per heavy atom. The minimum Gasteiger partial charge on any atom is -0.384 e. The van der Waals surface area contributed by atoms with Gasteiger partial charge in [-0.25, -0.2) is 0 Å². The molecule has 0 saturated heterocycles. The highest BCUT2D eigenvalue weighted by Gasteiger charge is 2.06. The molecule has 0 unspecified atom stereocenters. The topological polar surface area (TPSA) is 67.2 Å². The average molecular weight is 294 g/mol. The molecule has 1 aromatic carbocycles. The smallest absolute Gasteiger partial charge is 0.227 e. The number of benzene rings is 1. The van der Waals surface area contributed by atoms with Gasteiger partial charge in [0, 0.05) is 29.7 Å². The highest BCUT2D eigenvalue weighted by atomic mass is 35.5. The maximum atomic E-state index is 11.7. The van der Waals surface area contributed by atoms with Crippen LogP contribution in [0.3, 0.4) is 0 Å². The molecule has 0 fully saturated rings. The molecule has 6 heteroatoms. The Morgan fingerprint density at radius 2 is 2.15 bits per heavy atom. The Labute approximate surface area is 122 Å². The third-order valence-corrected chi connectivity index (χ3v) is 3.16. The van der Waals surface area contributed by atoms with Crippen LogP contribution in [-0.4, -0.2) is 17.6 Å². The van der Waals surface area contributed by atoms with Crippen molar-refractivity contribution in [1.29, 1.82) is 0 Å². The minimum atomic E-state index is -0.121. The summed E-state index contributed by atoms with van der Waals surface area (Å²) in [6, 6.07) is 7.38. The average Bonchev–Trinajstić information content (AvgIpc) is 2.79. The first-order chi connectivity index (χ1) is 9.54. The molecule has 2 rings (SSSR count). The molecular weight excluding hydrogens is 278 g/mol. The van der Waals surface area contributed by atoms with E-state index in [9.17, 15) is 4.79 Å². The van der Waals surface area contributed by atoms with Crippen molar-refractivity contribution in [3.8, 4) is 0 Å². The van der Waals surface area contributed by atoms with E-state index in [-0.39, 0.29) is 5.91 Å². The second-order valence-electron chi connectivity index (χ2n) is 4.51. The summed E-state index contributed by atoms with van der Waals surface area (Å²) in [4.78, 5) is 11.7. The summed E-state index contributed by atoms with van der Waals surface area (Å²) in [6.45, 7) is 4.23. The van der Waals surface area contributed by atoms with Gasteiger partial charge < -0.3 is 15.2 Å². The minimum absolute atomic E-state index is 0.121. The Balaban J connectivity index is 1.77. The van der Waals surface area contributed by atoms with E-state index in [1.54, 1.807) is 13.0 Å². The molecule has 0 bridgehead atoms. The summed E-state index contributed by atoms with van der Waals surface area (Å²) < 4.78 is 4.87. The van der Waals surface area contributed by atoms with Crippen LogP contribution < -0.4 is 10.6 Å². The summed E-state index contributed by atoms with van der Waals surface area (Å²) in [7, 11) is 0. The first kappa shape index (κ1) is 14.4. The van der Waals surface area contributed by atoms with Crippen LogP contribution >= 0.6 is 11.6 Å². The molecule has 20 heavy (non-hydrogen) atoms. The normalized spacial score (nSPS) is 10.3. The van der Waals surface area contributed by atoms with Gasteiger partial charge in [-0.3, -0.25) is 4.79 Å². The van der Waals surface area contributed by atoms with Crippen molar-refractivity contribution in [3.63, 3.8) is 0 Å². The first-order valence-corrected chi connectivity index (χ1v) is 6.65.